The van der Waals surface area contributed by atoms with E-state index in [4.69, 9.17) is 11.6 Å². The Hall–Kier alpha value is -2.87. The molecular weight excluding hydrogens is 379 g/mol. The highest BCUT2D eigenvalue weighted by atomic mass is 35.5. The molecule has 140 valence electrons. The molecule has 3 aromatic rings. The lowest BCUT2D eigenvalue weighted by Crippen LogP contribution is -2.10. The molecule has 0 fully saturated rings. The average molecular weight is 394 g/mol. The highest BCUT2D eigenvalue weighted by Gasteiger charge is 2.34. The minimum absolute atomic E-state index is 0.00542. The molecule has 0 bridgehead atoms. The second-order valence-corrected chi connectivity index (χ2v) is 6.25. The van der Waals surface area contributed by atoms with Crippen LogP contribution in [0, 0.1) is 6.92 Å². The van der Waals surface area contributed by atoms with E-state index in [2.05, 4.69) is 25.8 Å². The number of aromatic nitrogens is 3. The highest BCUT2D eigenvalue weighted by molar-refractivity contribution is 6.30. The summed E-state index contributed by atoms with van der Waals surface area (Å²) in [5.74, 6) is 0.326. The maximum atomic E-state index is 13.2. The molecule has 0 saturated heterocycles. The fourth-order valence-corrected chi connectivity index (χ4v) is 2.50. The van der Waals surface area contributed by atoms with Crippen LogP contribution >= 0.6 is 11.6 Å². The van der Waals surface area contributed by atoms with Crippen molar-refractivity contribution >= 4 is 29.1 Å². The topological polar surface area (TPSA) is 62.7 Å². The summed E-state index contributed by atoms with van der Waals surface area (Å²) >= 11 is 5.68. The van der Waals surface area contributed by atoms with Crippen LogP contribution in [0.1, 0.15) is 16.7 Å². The summed E-state index contributed by atoms with van der Waals surface area (Å²) in [4.78, 5) is 4.15. The summed E-state index contributed by atoms with van der Waals surface area (Å²) in [5, 5.41) is 13.2. The van der Waals surface area contributed by atoms with E-state index in [0.29, 0.717) is 6.54 Å². The van der Waals surface area contributed by atoms with Crippen LogP contribution in [-0.4, -0.2) is 15.2 Å². The number of hydrogen-bond acceptors (Lipinski definition) is 5. The Morgan fingerprint density at radius 3 is 2.52 bits per heavy atom. The van der Waals surface area contributed by atoms with Crippen molar-refractivity contribution in [1.82, 2.24) is 15.2 Å². The summed E-state index contributed by atoms with van der Waals surface area (Å²) in [6, 6.07) is 11.3. The van der Waals surface area contributed by atoms with E-state index < -0.39 is 11.7 Å². The minimum Gasteiger partial charge on any atom is -0.349 e. The van der Waals surface area contributed by atoms with Crippen molar-refractivity contribution in [2.24, 2.45) is 0 Å². The SMILES string of the molecule is Cc1ccc(CNc2nncc(Nc3ccc(Cl)cc3C(F)(F)F)n2)cc1. The number of nitrogens with one attached hydrogen (secondary N) is 2. The number of benzene rings is 2. The predicted molar refractivity (Wildman–Crippen MR) is 98.1 cm³/mol. The van der Waals surface area contributed by atoms with Gasteiger partial charge in [0.15, 0.2) is 5.82 Å². The first kappa shape index (κ1) is 18.9. The Morgan fingerprint density at radius 1 is 1.07 bits per heavy atom. The largest absolute Gasteiger partial charge is 0.418 e. The van der Waals surface area contributed by atoms with Gasteiger partial charge in [0, 0.05) is 11.6 Å². The molecule has 0 aliphatic rings. The second-order valence-electron chi connectivity index (χ2n) is 5.82. The predicted octanol–water partition coefficient (Wildman–Crippen LogP) is 5.21. The van der Waals surface area contributed by atoms with Crippen LogP contribution in [0.25, 0.3) is 0 Å². The van der Waals surface area contributed by atoms with E-state index in [0.717, 1.165) is 17.2 Å². The van der Waals surface area contributed by atoms with Gasteiger partial charge in [-0.05, 0) is 30.7 Å². The van der Waals surface area contributed by atoms with Crippen LogP contribution in [0.2, 0.25) is 5.02 Å². The molecule has 27 heavy (non-hydrogen) atoms. The number of rotatable bonds is 5. The normalized spacial score (nSPS) is 11.3. The van der Waals surface area contributed by atoms with Crippen molar-refractivity contribution in [3.8, 4) is 0 Å². The number of anilines is 3. The molecular formula is C18H15ClF3N5. The van der Waals surface area contributed by atoms with Crippen LogP contribution < -0.4 is 10.6 Å². The van der Waals surface area contributed by atoms with Gasteiger partial charge in [0.1, 0.15) is 0 Å². The molecule has 3 rings (SSSR count). The quantitative estimate of drug-likeness (QED) is 0.623. The van der Waals surface area contributed by atoms with Crippen LogP contribution in [0.15, 0.2) is 48.7 Å². The molecule has 1 heterocycles. The molecule has 0 spiro atoms. The zero-order valence-electron chi connectivity index (χ0n) is 14.2. The summed E-state index contributed by atoms with van der Waals surface area (Å²) in [7, 11) is 0. The first-order valence-corrected chi connectivity index (χ1v) is 8.32. The highest BCUT2D eigenvalue weighted by Crippen LogP contribution is 2.37. The molecule has 0 unspecified atom stereocenters. The van der Waals surface area contributed by atoms with Gasteiger partial charge in [-0.15, -0.1) is 5.10 Å². The number of halogens is 4. The zero-order valence-corrected chi connectivity index (χ0v) is 14.9. The Kier molecular flexibility index (Phi) is 5.46. The van der Waals surface area contributed by atoms with Crippen molar-refractivity contribution < 1.29 is 13.2 Å². The maximum Gasteiger partial charge on any atom is 0.418 e. The molecule has 0 atom stereocenters. The monoisotopic (exact) mass is 393 g/mol. The third-order valence-corrected chi connectivity index (χ3v) is 3.91. The molecule has 9 heteroatoms. The van der Waals surface area contributed by atoms with E-state index in [1.807, 2.05) is 31.2 Å². The average Bonchev–Trinajstić information content (AvgIpc) is 2.62. The molecule has 5 nitrogen and oxygen atoms in total. The molecule has 0 aliphatic carbocycles. The van der Waals surface area contributed by atoms with Crippen LogP contribution in [0.4, 0.5) is 30.6 Å². The standard InChI is InChI=1S/C18H15ClF3N5/c1-11-2-4-12(5-3-11)9-23-17-26-16(10-24-27-17)25-15-7-6-13(19)8-14(15)18(20,21)22/h2-8,10H,9H2,1H3,(H2,23,25,26,27). The van der Waals surface area contributed by atoms with Gasteiger partial charge in [0.2, 0.25) is 5.95 Å². The minimum atomic E-state index is -4.56. The lowest BCUT2D eigenvalue weighted by molar-refractivity contribution is -0.136. The van der Waals surface area contributed by atoms with E-state index in [1.165, 1.54) is 18.3 Å². The summed E-state index contributed by atoms with van der Waals surface area (Å²) in [6.45, 7) is 2.45. The van der Waals surface area contributed by atoms with Gasteiger partial charge in [-0.2, -0.15) is 23.3 Å². The van der Waals surface area contributed by atoms with Crippen molar-refractivity contribution in [1.29, 1.82) is 0 Å². The van der Waals surface area contributed by atoms with Gasteiger partial charge >= 0.3 is 6.18 Å². The summed E-state index contributed by atoms with van der Waals surface area (Å²) in [6.07, 6.45) is -3.31. The molecule has 0 saturated carbocycles. The fourth-order valence-electron chi connectivity index (χ4n) is 2.32. The summed E-state index contributed by atoms with van der Waals surface area (Å²) < 4.78 is 39.6. The fraction of sp³-hybridized carbons (Fsp3) is 0.167. The first-order valence-electron chi connectivity index (χ1n) is 7.94. The summed E-state index contributed by atoms with van der Waals surface area (Å²) in [5.41, 5.74) is 1.10. The van der Waals surface area contributed by atoms with E-state index in [-0.39, 0.29) is 22.5 Å². The van der Waals surface area contributed by atoms with Crippen LogP contribution in [0.3, 0.4) is 0 Å². The van der Waals surface area contributed by atoms with Crippen LogP contribution in [-0.2, 0) is 12.7 Å². The lowest BCUT2D eigenvalue weighted by Gasteiger charge is -2.14. The van der Waals surface area contributed by atoms with Crippen molar-refractivity contribution in [2.75, 3.05) is 10.6 Å². The maximum absolute atomic E-state index is 13.2. The number of aryl methyl sites for hydroxylation is 1. The molecule has 2 aromatic carbocycles. The Labute approximate surface area is 158 Å². The molecule has 0 amide bonds. The van der Waals surface area contributed by atoms with E-state index in [1.54, 1.807) is 0 Å². The van der Waals surface area contributed by atoms with Crippen molar-refractivity contribution in [2.45, 2.75) is 19.6 Å². The molecule has 0 radical (unpaired) electrons. The Bertz CT molecular complexity index is 929. The van der Waals surface area contributed by atoms with Crippen molar-refractivity contribution in [3.05, 3.63) is 70.4 Å². The third kappa shape index (κ3) is 5.07. The second kappa shape index (κ2) is 7.79. The van der Waals surface area contributed by atoms with Gasteiger partial charge in [-0.25, -0.2) is 0 Å². The molecule has 1 aromatic heterocycles. The van der Waals surface area contributed by atoms with E-state index >= 15 is 0 Å². The molecule has 2 N–H and O–H groups in total. The lowest BCUT2D eigenvalue weighted by atomic mass is 10.1. The zero-order chi connectivity index (χ0) is 19.4. The Morgan fingerprint density at radius 2 is 1.81 bits per heavy atom. The first-order chi connectivity index (χ1) is 12.8. The smallest absolute Gasteiger partial charge is 0.349 e. The molecule has 0 aliphatic heterocycles. The Balaban J connectivity index is 1.75. The van der Waals surface area contributed by atoms with Crippen LogP contribution in [0.5, 0.6) is 0 Å². The van der Waals surface area contributed by atoms with Gasteiger partial charge < -0.3 is 10.6 Å². The van der Waals surface area contributed by atoms with Gasteiger partial charge in [-0.1, -0.05) is 41.4 Å². The van der Waals surface area contributed by atoms with Crippen molar-refractivity contribution in [3.63, 3.8) is 0 Å². The van der Waals surface area contributed by atoms with Gasteiger partial charge in [0.25, 0.3) is 0 Å². The van der Waals surface area contributed by atoms with Gasteiger partial charge in [-0.3, -0.25) is 0 Å². The van der Waals surface area contributed by atoms with Gasteiger partial charge in [0.05, 0.1) is 17.4 Å². The number of hydrogen-bond donors (Lipinski definition) is 2. The van der Waals surface area contributed by atoms with E-state index in [9.17, 15) is 13.2 Å². The number of nitrogens with zero attached hydrogens (tertiary/aromatic N) is 3. The third-order valence-electron chi connectivity index (χ3n) is 3.68. The number of alkyl halides is 3.